The zero-order valence-corrected chi connectivity index (χ0v) is 19.1. The molecule has 0 radical (unpaired) electrons. The van der Waals surface area contributed by atoms with Gasteiger partial charge in [0.15, 0.2) is 5.72 Å². The highest BCUT2D eigenvalue weighted by atomic mass is 35.5. The van der Waals surface area contributed by atoms with Gasteiger partial charge in [-0.05, 0) is 61.0 Å². The van der Waals surface area contributed by atoms with Crippen molar-refractivity contribution in [1.29, 1.82) is 0 Å². The Hall–Kier alpha value is -1.74. The van der Waals surface area contributed by atoms with Crippen molar-refractivity contribution in [2.24, 2.45) is 0 Å². The molecule has 30 heavy (non-hydrogen) atoms. The number of thiophene rings is 1. The Kier molecular flexibility index (Phi) is 6.57. The summed E-state index contributed by atoms with van der Waals surface area (Å²) < 4.78 is 6.29. The van der Waals surface area contributed by atoms with Crippen LogP contribution in [0.5, 0.6) is 0 Å². The standard InChI is InChI=1S/C21H24ClN3O3S2/c1-25-9-6-14-2-3-16(12-15(14)7-10-25)23-20(27)28-21(8-11-29-13-21)24-19(26)17-4-5-18(22)30-17/h2-5,12H,6-11,13H2,1H3,(H,23,27)(H,24,26). The van der Waals surface area contributed by atoms with Crippen LogP contribution in [0.2, 0.25) is 4.34 Å². The summed E-state index contributed by atoms with van der Waals surface area (Å²) in [5, 5.41) is 5.74. The van der Waals surface area contributed by atoms with Crippen LogP contribution in [0.15, 0.2) is 30.3 Å². The summed E-state index contributed by atoms with van der Waals surface area (Å²) in [6, 6.07) is 9.37. The molecular formula is C21H24ClN3O3S2. The molecule has 1 saturated heterocycles. The van der Waals surface area contributed by atoms with Crippen molar-refractivity contribution in [3.05, 3.63) is 50.7 Å². The zero-order valence-electron chi connectivity index (χ0n) is 16.7. The summed E-state index contributed by atoms with van der Waals surface area (Å²) in [6.45, 7) is 2.04. The summed E-state index contributed by atoms with van der Waals surface area (Å²) in [6.07, 6.45) is 1.96. The molecule has 1 aromatic heterocycles. The number of carbonyl (C=O) groups excluding carboxylic acids is 2. The number of rotatable bonds is 4. The number of ether oxygens (including phenoxy) is 1. The number of amides is 2. The van der Waals surface area contributed by atoms with E-state index in [1.165, 1.54) is 22.5 Å². The fourth-order valence-corrected chi connectivity index (χ4v) is 5.85. The second kappa shape index (κ2) is 9.18. The minimum Gasteiger partial charge on any atom is -0.422 e. The predicted molar refractivity (Wildman–Crippen MR) is 123 cm³/mol. The Morgan fingerprint density at radius 1 is 1.17 bits per heavy atom. The highest BCUT2D eigenvalue weighted by Gasteiger charge is 2.40. The third-order valence-electron chi connectivity index (χ3n) is 5.39. The number of hydrogen-bond donors (Lipinski definition) is 2. The van der Waals surface area contributed by atoms with Gasteiger partial charge in [0.2, 0.25) is 0 Å². The third kappa shape index (κ3) is 5.11. The molecule has 1 fully saturated rings. The van der Waals surface area contributed by atoms with Gasteiger partial charge in [0.25, 0.3) is 5.91 Å². The number of carbonyl (C=O) groups is 2. The van der Waals surface area contributed by atoms with E-state index < -0.39 is 11.8 Å². The first kappa shape index (κ1) is 21.5. The van der Waals surface area contributed by atoms with Crippen molar-refractivity contribution in [2.45, 2.75) is 25.0 Å². The van der Waals surface area contributed by atoms with Gasteiger partial charge in [-0.15, -0.1) is 11.3 Å². The zero-order chi connectivity index (χ0) is 21.1. The van der Waals surface area contributed by atoms with Crippen LogP contribution in [0.1, 0.15) is 27.2 Å². The molecule has 0 spiro atoms. The SMILES string of the molecule is CN1CCc2ccc(NC(=O)OC3(NC(=O)c4ccc(Cl)s4)CCSC3)cc2CC1. The first-order chi connectivity index (χ1) is 14.4. The third-order valence-corrected chi connectivity index (χ3v) is 7.78. The van der Waals surface area contributed by atoms with Gasteiger partial charge in [-0.25, -0.2) is 4.79 Å². The van der Waals surface area contributed by atoms with Crippen LogP contribution in [-0.2, 0) is 17.6 Å². The fraction of sp³-hybridized carbons (Fsp3) is 0.429. The molecule has 2 aromatic rings. The number of anilines is 1. The Bertz CT molecular complexity index is 943. The Balaban J connectivity index is 1.42. The van der Waals surface area contributed by atoms with E-state index in [4.69, 9.17) is 16.3 Å². The lowest BCUT2D eigenvalue weighted by molar-refractivity contribution is 0.0140. The second-order valence-electron chi connectivity index (χ2n) is 7.66. The molecule has 2 aliphatic rings. The number of fused-ring (bicyclic) bond motifs is 1. The number of likely N-dealkylation sites (N-methyl/N-ethyl adjacent to an activating group) is 1. The van der Waals surface area contributed by atoms with E-state index in [0.717, 1.165) is 31.7 Å². The minimum atomic E-state index is -1.02. The van der Waals surface area contributed by atoms with Crippen molar-refractivity contribution in [3.63, 3.8) is 0 Å². The highest BCUT2D eigenvalue weighted by molar-refractivity contribution is 7.99. The second-order valence-corrected chi connectivity index (χ2v) is 10.5. The number of benzene rings is 1. The topological polar surface area (TPSA) is 70.7 Å². The number of nitrogens with one attached hydrogen (secondary N) is 2. The smallest absolute Gasteiger partial charge is 0.413 e. The normalized spacial score (nSPS) is 21.5. The summed E-state index contributed by atoms with van der Waals surface area (Å²) in [5.74, 6) is 1.05. The van der Waals surface area contributed by atoms with Gasteiger partial charge in [-0.3, -0.25) is 10.1 Å². The van der Waals surface area contributed by atoms with E-state index in [0.29, 0.717) is 27.1 Å². The lowest BCUT2D eigenvalue weighted by Crippen LogP contribution is -2.52. The molecule has 9 heteroatoms. The molecule has 0 saturated carbocycles. The van der Waals surface area contributed by atoms with Crippen LogP contribution < -0.4 is 10.6 Å². The van der Waals surface area contributed by atoms with Crippen LogP contribution in [-0.4, -0.2) is 54.3 Å². The Morgan fingerprint density at radius 2 is 1.97 bits per heavy atom. The van der Waals surface area contributed by atoms with Crippen LogP contribution in [0.25, 0.3) is 0 Å². The molecule has 1 unspecified atom stereocenters. The summed E-state index contributed by atoms with van der Waals surface area (Å²) >= 11 is 8.78. The quantitative estimate of drug-likeness (QED) is 0.661. The summed E-state index contributed by atoms with van der Waals surface area (Å²) in [5.41, 5.74) is 2.27. The van der Waals surface area contributed by atoms with Crippen LogP contribution in [0, 0.1) is 0 Å². The number of halogens is 1. The molecule has 3 heterocycles. The number of nitrogens with zero attached hydrogens (tertiary/aromatic N) is 1. The molecule has 160 valence electrons. The maximum atomic E-state index is 12.7. The first-order valence-corrected chi connectivity index (χ1v) is 12.2. The van der Waals surface area contributed by atoms with Crippen molar-refractivity contribution in [2.75, 3.05) is 37.0 Å². The van der Waals surface area contributed by atoms with Crippen molar-refractivity contribution in [1.82, 2.24) is 10.2 Å². The predicted octanol–water partition coefficient (Wildman–Crippen LogP) is 4.24. The largest absolute Gasteiger partial charge is 0.422 e. The van der Waals surface area contributed by atoms with E-state index in [1.807, 2.05) is 12.1 Å². The maximum Gasteiger partial charge on any atom is 0.413 e. The van der Waals surface area contributed by atoms with E-state index in [1.54, 1.807) is 23.9 Å². The van der Waals surface area contributed by atoms with Gasteiger partial charge in [0.1, 0.15) is 0 Å². The van der Waals surface area contributed by atoms with Gasteiger partial charge < -0.3 is 15.0 Å². The van der Waals surface area contributed by atoms with Gasteiger partial charge in [-0.2, -0.15) is 11.8 Å². The molecule has 4 rings (SSSR count). The monoisotopic (exact) mass is 465 g/mol. The lowest BCUT2D eigenvalue weighted by atomic mass is 10.0. The van der Waals surface area contributed by atoms with Crippen LogP contribution in [0.3, 0.4) is 0 Å². The van der Waals surface area contributed by atoms with Gasteiger partial charge >= 0.3 is 6.09 Å². The summed E-state index contributed by atoms with van der Waals surface area (Å²) in [4.78, 5) is 28.1. The highest BCUT2D eigenvalue weighted by Crippen LogP contribution is 2.31. The lowest BCUT2D eigenvalue weighted by Gasteiger charge is -2.29. The summed E-state index contributed by atoms with van der Waals surface area (Å²) in [7, 11) is 2.12. The molecule has 6 nitrogen and oxygen atoms in total. The van der Waals surface area contributed by atoms with E-state index in [2.05, 4.69) is 28.6 Å². The van der Waals surface area contributed by atoms with Crippen molar-refractivity contribution in [3.8, 4) is 0 Å². The molecule has 0 bridgehead atoms. The molecule has 0 aliphatic carbocycles. The number of thioether (sulfide) groups is 1. The Morgan fingerprint density at radius 3 is 2.67 bits per heavy atom. The van der Waals surface area contributed by atoms with Crippen LogP contribution in [0.4, 0.5) is 10.5 Å². The molecule has 2 amide bonds. The molecule has 1 aromatic carbocycles. The molecule has 1 atom stereocenters. The van der Waals surface area contributed by atoms with E-state index in [9.17, 15) is 9.59 Å². The van der Waals surface area contributed by atoms with Crippen molar-refractivity contribution >= 4 is 52.4 Å². The average molecular weight is 466 g/mol. The average Bonchev–Trinajstić information content (AvgIpc) is 3.30. The molecular weight excluding hydrogens is 442 g/mol. The maximum absolute atomic E-state index is 12.7. The molecule has 2 aliphatic heterocycles. The number of hydrogen-bond acceptors (Lipinski definition) is 6. The minimum absolute atomic E-state index is 0.281. The molecule has 2 N–H and O–H groups in total. The van der Waals surface area contributed by atoms with Crippen molar-refractivity contribution < 1.29 is 14.3 Å². The van der Waals surface area contributed by atoms with Gasteiger partial charge in [0.05, 0.1) is 15.0 Å². The Labute approximate surface area is 189 Å². The van der Waals surface area contributed by atoms with Gasteiger partial charge in [0, 0.05) is 25.2 Å². The van der Waals surface area contributed by atoms with Crippen LogP contribution >= 0.6 is 34.7 Å². The van der Waals surface area contributed by atoms with E-state index in [-0.39, 0.29) is 5.91 Å². The van der Waals surface area contributed by atoms with E-state index >= 15 is 0 Å². The fourth-order valence-electron chi connectivity index (χ4n) is 3.69. The van der Waals surface area contributed by atoms with Gasteiger partial charge in [-0.1, -0.05) is 17.7 Å². The first-order valence-electron chi connectivity index (χ1n) is 9.88.